The third kappa shape index (κ3) is 3.71. The summed E-state index contributed by atoms with van der Waals surface area (Å²) in [6, 6.07) is 21.1. The molecule has 1 aliphatic rings. The van der Waals surface area contributed by atoms with Gasteiger partial charge in [0.15, 0.2) is 5.11 Å². The van der Waals surface area contributed by atoms with Crippen LogP contribution in [0, 0.1) is 0 Å². The lowest BCUT2D eigenvalue weighted by molar-refractivity contribution is 0.434. The molecule has 0 amide bonds. The number of nitrogens with zero attached hydrogens (tertiary/aromatic N) is 2. The number of pyridine rings is 1. The molecule has 32 heavy (non-hydrogen) atoms. The number of nitrogens with one attached hydrogen (secondary N) is 1. The Morgan fingerprint density at radius 2 is 1.81 bits per heavy atom. The molecule has 1 saturated heterocycles. The van der Waals surface area contributed by atoms with Gasteiger partial charge in [0.2, 0.25) is 0 Å². The van der Waals surface area contributed by atoms with Gasteiger partial charge in [-0.1, -0.05) is 41.4 Å². The van der Waals surface area contributed by atoms with Crippen molar-refractivity contribution >= 4 is 46.2 Å². The first-order valence-electron chi connectivity index (χ1n) is 9.87. The molecule has 0 spiro atoms. The van der Waals surface area contributed by atoms with E-state index in [1.165, 1.54) is 0 Å². The molecule has 2 aromatic heterocycles. The van der Waals surface area contributed by atoms with Crippen LogP contribution in [0.3, 0.4) is 0 Å². The first kappa shape index (κ1) is 20.8. The molecule has 1 aliphatic heterocycles. The number of hydrogen-bond acceptors (Lipinski definition) is 4. The number of phenolic OH excluding ortho intramolecular Hbond substituents is 1. The van der Waals surface area contributed by atoms with E-state index in [1.54, 1.807) is 30.5 Å². The Kier molecular flexibility index (Phi) is 5.51. The van der Waals surface area contributed by atoms with Crippen molar-refractivity contribution in [2.24, 2.45) is 0 Å². The minimum absolute atomic E-state index is 0.121. The van der Waals surface area contributed by atoms with Crippen LogP contribution in [0.2, 0.25) is 10.0 Å². The summed E-state index contributed by atoms with van der Waals surface area (Å²) in [6.45, 7) is 0. The molecule has 5 rings (SSSR count). The van der Waals surface area contributed by atoms with Crippen LogP contribution >= 0.6 is 35.4 Å². The predicted molar refractivity (Wildman–Crippen MR) is 130 cm³/mol. The van der Waals surface area contributed by atoms with Crippen molar-refractivity contribution in [3.63, 3.8) is 0 Å². The number of aromatic hydroxyl groups is 1. The fraction of sp³-hybridized carbons (Fsp3) is 0.0833. The number of anilines is 1. The van der Waals surface area contributed by atoms with Crippen molar-refractivity contribution in [1.29, 1.82) is 0 Å². The van der Waals surface area contributed by atoms with Gasteiger partial charge in [-0.25, -0.2) is 0 Å². The molecule has 3 heterocycles. The highest BCUT2D eigenvalue weighted by molar-refractivity contribution is 7.80. The maximum atomic E-state index is 10.6. The molecule has 0 saturated carbocycles. The highest BCUT2D eigenvalue weighted by atomic mass is 35.5. The lowest BCUT2D eigenvalue weighted by Crippen LogP contribution is -2.29. The molecule has 0 radical (unpaired) electrons. The van der Waals surface area contributed by atoms with Crippen LogP contribution in [-0.2, 0) is 0 Å². The first-order valence-corrected chi connectivity index (χ1v) is 11.0. The predicted octanol–water partition coefficient (Wildman–Crippen LogP) is 6.53. The van der Waals surface area contributed by atoms with Crippen LogP contribution in [0.25, 0.3) is 11.3 Å². The molecular weight excluding hydrogens is 465 g/mol. The van der Waals surface area contributed by atoms with Crippen molar-refractivity contribution in [3.05, 3.63) is 100 Å². The van der Waals surface area contributed by atoms with Gasteiger partial charge in [0, 0.05) is 16.8 Å². The fourth-order valence-electron chi connectivity index (χ4n) is 3.92. The van der Waals surface area contributed by atoms with Crippen LogP contribution < -0.4 is 10.2 Å². The second kappa shape index (κ2) is 8.47. The summed E-state index contributed by atoms with van der Waals surface area (Å²) in [5.74, 6) is 1.38. The number of halogens is 2. The number of para-hydroxylation sites is 2. The zero-order valence-electron chi connectivity index (χ0n) is 16.6. The normalized spacial score (nSPS) is 18.1. The third-order valence-electron chi connectivity index (χ3n) is 5.35. The quantitative estimate of drug-likeness (QED) is 0.323. The van der Waals surface area contributed by atoms with Crippen LogP contribution in [0.15, 0.2) is 83.4 Å². The lowest BCUT2D eigenvalue weighted by Gasteiger charge is -2.26. The average molecular weight is 482 g/mol. The largest absolute Gasteiger partial charge is 0.506 e. The van der Waals surface area contributed by atoms with E-state index in [-0.39, 0.29) is 17.8 Å². The number of benzene rings is 2. The van der Waals surface area contributed by atoms with Gasteiger partial charge in [-0.2, -0.15) is 0 Å². The Morgan fingerprint density at radius 1 is 1.00 bits per heavy atom. The van der Waals surface area contributed by atoms with E-state index >= 15 is 0 Å². The zero-order valence-corrected chi connectivity index (χ0v) is 18.9. The number of furan rings is 1. The summed E-state index contributed by atoms with van der Waals surface area (Å²) in [4.78, 5) is 6.38. The standard InChI is InChI=1S/C24H17Cl2N3O2S/c25-14-8-9-15(16(26)13-14)20-10-11-21(31-20)23-22(17-5-3-4-12-27-17)28-24(32)29(23)18-6-1-2-7-19(18)30/h1-13,22-23,30H,(H,28,32). The SMILES string of the molecule is Oc1ccccc1N1C(=S)NC(c2ccccn2)C1c1ccc(-c2ccc(Cl)cc2Cl)o1. The van der Waals surface area contributed by atoms with E-state index in [2.05, 4.69) is 10.3 Å². The maximum Gasteiger partial charge on any atom is 0.174 e. The molecule has 1 fully saturated rings. The summed E-state index contributed by atoms with van der Waals surface area (Å²) >= 11 is 18.1. The molecule has 0 bridgehead atoms. The number of phenols is 1. The van der Waals surface area contributed by atoms with Gasteiger partial charge in [-0.15, -0.1) is 0 Å². The van der Waals surface area contributed by atoms with Crippen molar-refractivity contribution in [1.82, 2.24) is 10.3 Å². The minimum atomic E-state index is -0.384. The number of rotatable bonds is 4. The molecule has 2 atom stereocenters. The molecule has 0 aliphatic carbocycles. The van der Waals surface area contributed by atoms with E-state index in [9.17, 15) is 5.11 Å². The molecule has 5 nitrogen and oxygen atoms in total. The molecule has 2 N–H and O–H groups in total. The zero-order chi connectivity index (χ0) is 22.2. The highest BCUT2D eigenvalue weighted by Crippen LogP contribution is 2.45. The van der Waals surface area contributed by atoms with E-state index in [0.29, 0.717) is 32.4 Å². The Bertz CT molecular complexity index is 1300. The molecule has 2 aromatic carbocycles. The molecule has 160 valence electrons. The Labute approximate surface area is 200 Å². The van der Waals surface area contributed by atoms with Gasteiger partial charge in [-0.3, -0.25) is 4.98 Å². The van der Waals surface area contributed by atoms with Crippen LogP contribution in [0.1, 0.15) is 23.5 Å². The summed E-state index contributed by atoms with van der Waals surface area (Å²) in [6.07, 6.45) is 1.74. The van der Waals surface area contributed by atoms with Gasteiger partial charge >= 0.3 is 0 Å². The van der Waals surface area contributed by atoms with E-state index < -0.39 is 0 Å². The molecular formula is C24H17Cl2N3O2S. The van der Waals surface area contributed by atoms with E-state index in [1.807, 2.05) is 53.4 Å². The van der Waals surface area contributed by atoms with Crippen LogP contribution in [-0.4, -0.2) is 15.2 Å². The summed E-state index contributed by atoms with van der Waals surface area (Å²) in [7, 11) is 0. The van der Waals surface area contributed by atoms with Gasteiger partial charge in [0.25, 0.3) is 0 Å². The highest BCUT2D eigenvalue weighted by Gasteiger charge is 2.43. The van der Waals surface area contributed by atoms with Crippen molar-refractivity contribution < 1.29 is 9.52 Å². The van der Waals surface area contributed by atoms with Gasteiger partial charge in [0.05, 0.1) is 22.4 Å². The maximum absolute atomic E-state index is 10.6. The van der Waals surface area contributed by atoms with Crippen LogP contribution in [0.5, 0.6) is 5.75 Å². The monoisotopic (exact) mass is 481 g/mol. The first-order chi connectivity index (χ1) is 15.5. The van der Waals surface area contributed by atoms with E-state index in [0.717, 1.165) is 11.3 Å². The van der Waals surface area contributed by atoms with E-state index in [4.69, 9.17) is 39.8 Å². The van der Waals surface area contributed by atoms with Crippen molar-refractivity contribution in [2.75, 3.05) is 4.90 Å². The topological polar surface area (TPSA) is 61.5 Å². The van der Waals surface area contributed by atoms with Crippen molar-refractivity contribution in [3.8, 4) is 17.1 Å². The second-order valence-electron chi connectivity index (χ2n) is 7.31. The number of thiocarbonyl (C=S) groups is 1. The lowest BCUT2D eigenvalue weighted by atomic mass is 10.0. The fourth-order valence-corrected chi connectivity index (χ4v) is 4.76. The summed E-state index contributed by atoms with van der Waals surface area (Å²) < 4.78 is 6.29. The minimum Gasteiger partial charge on any atom is -0.506 e. The molecule has 4 aromatic rings. The smallest absolute Gasteiger partial charge is 0.174 e. The Hall–Kier alpha value is -3.06. The third-order valence-corrected chi connectivity index (χ3v) is 6.22. The summed E-state index contributed by atoms with van der Waals surface area (Å²) in [5, 5.41) is 15.4. The van der Waals surface area contributed by atoms with Gasteiger partial charge in [0.1, 0.15) is 23.3 Å². The average Bonchev–Trinajstić information content (AvgIpc) is 3.39. The van der Waals surface area contributed by atoms with Crippen LogP contribution in [0.4, 0.5) is 5.69 Å². The number of aromatic nitrogens is 1. The van der Waals surface area contributed by atoms with Gasteiger partial charge in [-0.05, 0) is 66.8 Å². The Morgan fingerprint density at radius 3 is 2.56 bits per heavy atom. The van der Waals surface area contributed by atoms with Crippen molar-refractivity contribution in [2.45, 2.75) is 12.1 Å². The second-order valence-corrected chi connectivity index (χ2v) is 8.54. The Balaban J connectivity index is 1.62. The number of hydrogen-bond donors (Lipinski definition) is 2. The molecule has 8 heteroatoms. The van der Waals surface area contributed by atoms with Gasteiger partial charge < -0.3 is 19.7 Å². The summed E-state index contributed by atoms with van der Waals surface area (Å²) in [5.41, 5.74) is 2.12. The molecule has 2 unspecified atom stereocenters.